The van der Waals surface area contributed by atoms with Gasteiger partial charge in [-0.05, 0) is 106 Å². The monoisotopic (exact) mass is 586 g/mol. The fourth-order valence-electron chi connectivity index (χ4n) is 5.77. The summed E-state index contributed by atoms with van der Waals surface area (Å²) < 4.78 is 0. The average molecular weight is 587 g/mol. The molecule has 1 fully saturated rings. The molecular formula is C33H38N4O6. The molecule has 226 valence electrons. The van der Waals surface area contributed by atoms with Gasteiger partial charge < -0.3 is 25.5 Å². The minimum atomic E-state index is -0.923. The zero-order valence-corrected chi connectivity index (χ0v) is 25.4. The van der Waals surface area contributed by atoms with Crippen LogP contribution in [0.5, 0.6) is 0 Å². The lowest BCUT2D eigenvalue weighted by Crippen LogP contribution is -2.16. The third-order valence-corrected chi connectivity index (χ3v) is 8.35. The third kappa shape index (κ3) is 6.38. The number of carbonyl (C=O) groups excluding carboxylic acids is 2. The van der Waals surface area contributed by atoms with E-state index in [0.717, 1.165) is 39.1 Å². The summed E-state index contributed by atoms with van der Waals surface area (Å²) in [5.74, 6) is -2.44. The molecule has 0 spiro atoms. The van der Waals surface area contributed by atoms with E-state index in [2.05, 4.69) is 20.3 Å². The van der Waals surface area contributed by atoms with E-state index in [9.17, 15) is 29.4 Å². The molecule has 0 aromatic carbocycles. The summed E-state index contributed by atoms with van der Waals surface area (Å²) in [5.41, 5.74) is 8.40. The van der Waals surface area contributed by atoms with Gasteiger partial charge in [-0.25, -0.2) is 4.99 Å². The number of amides is 2. The van der Waals surface area contributed by atoms with Gasteiger partial charge in [0.2, 0.25) is 5.91 Å². The van der Waals surface area contributed by atoms with Crippen molar-refractivity contribution in [3.05, 3.63) is 72.8 Å². The fourth-order valence-corrected chi connectivity index (χ4v) is 5.77. The first-order chi connectivity index (χ1) is 20.4. The minimum absolute atomic E-state index is 0.0721. The Morgan fingerprint density at radius 2 is 1.53 bits per heavy atom. The van der Waals surface area contributed by atoms with Crippen LogP contribution in [0, 0.1) is 19.8 Å². The molecule has 2 aliphatic heterocycles. The van der Waals surface area contributed by atoms with Crippen molar-refractivity contribution in [2.75, 3.05) is 0 Å². The Labute approximate surface area is 249 Å². The molecule has 0 saturated carbocycles. The molecule has 0 aliphatic carbocycles. The van der Waals surface area contributed by atoms with Gasteiger partial charge in [-0.1, -0.05) is 13.0 Å². The summed E-state index contributed by atoms with van der Waals surface area (Å²) >= 11 is 0. The van der Waals surface area contributed by atoms with Gasteiger partial charge in [0.15, 0.2) is 0 Å². The van der Waals surface area contributed by atoms with Gasteiger partial charge in [-0.3, -0.25) is 19.2 Å². The Bertz CT molecular complexity index is 1780. The van der Waals surface area contributed by atoms with E-state index in [1.54, 1.807) is 0 Å². The molecule has 0 bridgehead atoms. The zero-order chi connectivity index (χ0) is 31.6. The highest BCUT2D eigenvalue weighted by Crippen LogP contribution is 2.29. The summed E-state index contributed by atoms with van der Waals surface area (Å²) in [6.45, 7) is 11.3. The summed E-state index contributed by atoms with van der Waals surface area (Å²) in [6, 6.07) is 0. The van der Waals surface area contributed by atoms with Crippen molar-refractivity contribution in [1.82, 2.24) is 15.3 Å². The molecule has 4 rings (SSSR count). The molecule has 10 heteroatoms. The number of aliphatic carboxylic acids is 2. The molecular weight excluding hydrogens is 548 g/mol. The minimum Gasteiger partial charge on any atom is -0.481 e. The second-order valence-electron chi connectivity index (χ2n) is 11.0. The van der Waals surface area contributed by atoms with Crippen LogP contribution in [0.2, 0.25) is 0 Å². The zero-order valence-electron chi connectivity index (χ0n) is 25.4. The van der Waals surface area contributed by atoms with E-state index in [1.807, 2.05) is 65.8 Å². The predicted molar refractivity (Wildman–Crippen MR) is 165 cm³/mol. The number of nitrogens with one attached hydrogen (secondary N) is 3. The van der Waals surface area contributed by atoms with Crippen LogP contribution in [-0.2, 0) is 32.0 Å². The third-order valence-electron chi connectivity index (χ3n) is 8.35. The van der Waals surface area contributed by atoms with Crippen molar-refractivity contribution in [3.8, 4) is 0 Å². The maximum absolute atomic E-state index is 12.3. The maximum atomic E-state index is 12.3. The first kappa shape index (κ1) is 31.2. The smallest absolute Gasteiger partial charge is 0.303 e. The molecule has 1 atom stereocenters. The highest BCUT2D eigenvalue weighted by molar-refractivity contribution is 6.30. The number of allylic oxidation sites excluding steroid dienone is 3. The summed E-state index contributed by atoms with van der Waals surface area (Å²) in [4.78, 5) is 58.8. The van der Waals surface area contributed by atoms with Gasteiger partial charge in [0.25, 0.3) is 5.91 Å². The molecule has 2 amide bonds. The quantitative estimate of drug-likeness (QED) is 0.286. The average Bonchev–Trinajstić information content (AvgIpc) is 3.59. The largest absolute Gasteiger partial charge is 0.481 e. The number of carboxylic acid groups (broad SMARTS) is 2. The van der Waals surface area contributed by atoms with E-state index < -0.39 is 11.9 Å². The molecule has 4 heterocycles. The summed E-state index contributed by atoms with van der Waals surface area (Å²) in [7, 11) is 0. The number of aromatic nitrogens is 2. The van der Waals surface area contributed by atoms with E-state index in [0.29, 0.717) is 39.8 Å². The number of carboxylic acids is 2. The van der Waals surface area contributed by atoms with Crippen molar-refractivity contribution in [3.63, 3.8) is 0 Å². The Balaban J connectivity index is 1.91. The first-order valence-corrected chi connectivity index (χ1v) is 14.4. The van der Waals surface area contributed by atoms with E-state index in [1.165, 1.54) is 0 Å². The molecule has 5 N–H and O–H groups in total. The van der Waals surface area contributed by atoms with Crippen LogP contribution in [-0.4, -0.2) is 49.6 Å². The van der Waals surface area contributed by atoms with Gasteiger partial charge in [0, 0.05) is 46.2 Å². The summed E-state index contributed by atoms with van der Waals surface area (Å²) in [6.07, 6.45) is 8.45. The number of H-pyrrole nitrogens is 2. The Morgan fingerprint density at radius 3 is 2.12 bits per heavy atom. The van der Waals surface area contributed by atoms with Crippen molar-refractivity contribution in [1.29, 1.82) is 0 Å². The predicted octanol–water partition coefficient (Wildman–Crippen LogP) is 3.36. The number of hydrogen-bond acceptors (Lipinski definition) is 4. The van der Waals surface area contributed by atoms with Crippen LogP contribution in [0.4, 0.5) is 0 Å². The molecule has 2 aromatic heterocycles. The van der Waals surface area contributed by atoms with Crippen molar-refractivity contribution < 1.29 is 29.4 Å². The molecule has 1 unspecified atom stereocenters. The lowest BCUT2D eigenvalue weighted by molar-refractivity contribution is -0.138. The number of nitrogens with zero attached hydrogens (tertiary/aromatic N) is 1. The Kier molecular flexibility index (Phi) is 9.18. The second kappa shape index (κ2) is 12.6. The highest BCUT2D eigenvalue weighted by atomic mass is 16.4. The highest BCUT2D eigenvalue weighted by Gasteiger charge is 2.29. The van der Waals surface area contributed by atoms with Gasteiger partial charge in [-0.15, -0.1) is 0 Å². The number of aromatic amines is 2. The number of aliphatic imine (C=N–C) groups is 1. The molecule has 0 radical (unpaired) electrons. The van der Waals surface area contributed by atoms with Gasteiger partial charge in [0.1, 0.15) is 0 Å². The molecule has 2 aromatic rings. The SMILES string of the molecule is CC=C1/C(=C/c2[nH]c(/C=c3\[nH]c(=CC4=NC(=O)C(CC)=C4C)c(C)c3CCC(=O)O)c(CCC(=O)O)c2C)NC(=O)C1C. The van der Waals surface area contributed by atoms with Crippen LogP contribution in [0.3, 0.4) is 0 Å². The van der Waals surface area contributed by atoms with E-state index >= 15 is 0 Å². The Hall–Kier alpha value is -4.73. The number of rotatable bonds is 10. The lowest BCUT2D eigenvalue weighted by Gasteiger charge is -2.03. The standard InChI is InChI=1S/C33H38N4O6/c1-7-20-19(6)32(42)37-27(20)14-25-18(5)23(10-12-31(40)41)29(35-25)15-28-22(9-11-30(38)39)17(4)24(34-28)13-26-16(3)21(8-2)33(43)36-26/h7,13-15,19,34-35H,8-12H2,1-6H3,(H,37,42)(H,38,39)(H,40,41)/b20-7?,24-13?,27-14-,28-15-. The normalized spacial score (nSPS) is 19.8. The van der Waals surface area contributed by atoms with Gasteiger partial charge >= 0.3 is 11.9 Å². The molecule has 2 aliphatic rings. The van der Waals surface area contributed by atoms with Crippen molar-refractivity contribution in [2.24, 2.45) is 10.9 Å². The van der Waals surface area contributed by atoms with Crippen molar-refractivity contribution in [2.45, 2.75) is 73.6 Å². The van der Waals surface area contributed by atoms with Crippen LogP contribution in [0.25, 0.3) is 18.2 Å². The first-order valence-electron chi connectivity index (χ1n) is 14.4. The summed E-state index contributed by atoms with van der Waals surface area (Å²) in [5, 5.41) is 23.2. The molecule has 10 nitrogen and oxygen atoms in total. The van der Waals surface area contributed by atoms with Gasteiger partial charge in [-0.2, -0.15) is 0 Å². The maximum Gasteiger partial charge on any atom is 0.303 e. The van der Waals surface area contributed by atoms with E-state index in [4.69, 9.17) is 0 Å². The van der Waals surface area contributed by atoms with Crippen LogP contribution >= 0.6 is 0 Å². The number of carbonyl (C=O) groups is 4. The topological polar surface area (TPSA) is 165 Å². The lowest BCUT2D eigenvalue weighted by atomic mass is 10.00. The van der Waals surface area contributed by atoms with E-state index in [-0.39, 0.29) is 43.4 Å². The fraction of sp³-hybridized carbons (Fsp3) is 0.364. The molecule has 1 saturated heterocycles. The van der Waals surface area contributed by atoms with Crippen LogP contribution < -0.4 is 16.0 Å². The van der Waals surface area contributed by atoms with Crippen LogP contribution in [0.1, 0.15) is 80.6 Å². The Morgan fingerprint density at radius 1 is 0.884 bits per heavy atom. The second-order valence-corrected chi connectivity index (χ2v) is 11.0. The van der Waals surface area contributed by atoms with Gasteiger partial charge in [0.05, 0.1) is 11.6 Å². The van der Waals surface area contributed by atoms with Crippen molar-refractivity contribution >= 4 is 47.7 Å². The van der Waals surface area contributed by atoms with Crippen LogP contribution in [0.15, 0.2) is 33.5 Å². The molecule has 43 heavy (non-hydrogen) atoms. The number of hydrogen-bond donors (Lipinski definition) is 5.